The van der Waals surface area contributed by atoms with Crippen molar-refractivity contribution in [2.75, 3.05) is 20.8 Å². The second-order valence-electron chi connectivity index (χ2n) is 19.0. The fourth-order valence-electron chi connectivity index (χ4n) is 10.6. The number of carbonyl (C=O) groups is 1. The first kappa shape index (κ1) is 47.6. The van der Waals surface area contributed by atoms with Crippen LogP contribution >= 0.6 is 0 Å². The average Bonchev–Trinajstić information content (AvgIpc) is 3.58. The molecule has 6 aliphatic heterocycles. The molecule has 0 saturated carbocycles. The van der Waals surface area contributed by atoms with Crippen molar-refractivity contribution in [3.05, 3.63) is 59.3 Å². The number of hydrogen-bond acceptors (Lipinski definition) is 14. The van der Waals surface area contributed by atoms with E-state index in [9.17, 15) is 20.1 Å². The Labute approximate surface area is 367 Å². The van der Waals surface area contributed by atoms with Gasteiger partial charge in [0.1, 0.15) is 42.0 Å². The fraction of sp³-hybridized carbons (Fsp3) is 0.771. The van der Waals surface area contributed by atoms with Gasteiger partial charge in [-0.05, 0) is 62.8 Å². The van der Waals surface area contributed by atoms with E-state index in [4.69, 9.17) is 47.4 Å². The fourth-order valence-corrected chi connectivity index (χ4v) is 10.6. The zero-order valence-electron chi connectivity index (χ0n) is 38.2. The van der Waals surface area contributed by atoms with E-state index in [1.54, 1.807) is 40.2 Å². The van der Waals surface area contributed by atoms with Gasteiger partial charge in [-0.25, -0.2) is 0 Å². The van der Waals surface area contributed by atoms with Crippen LogP contribution in [0.25, 0.3) is 0 Å². The molecule has 1 spiro atoms. The maximum Gasteiger partial charge on any atom is 0.316 e. The highest BCUT2D eigenvalue weighted by atomic mass is 16.7. The van der Waals surface area contributed by atoms with E-state index in [1.165, 1.54) is 0 Å². The zero-order chi connectivity index (χ0) is 44.7. The number of methoxy groups -OCH3 is 2. The number of aliphatic hydroxyl groups is 3. The molecule has 14 heteroatoms. The Morgan fingerprint density at radius 1 is 0.887 bits per heavy atom. The third-order valence-corrected chi connectivity index (χ3v) is 14.5. The summed E-state index contributed by atoms with van der Waals surface area (Å²) in [5, 5.41) is 34.2. The van der Waals surface area contributed by atoms with Crippen LogP contribution in [0, 0.1) is 23.7 Å². The van der Waals surface area contributed by atoms with Crippen molar-refractivity contribution in [3.8, 4) is 0 Å². The predicted molar refractivity (Wildman–Crippen MR) is 227 cm³/mol. The number of fused-ring (bicyclic) bond motifs is 2. The van der Waals surface area contributed by atoms with Gasteiger partial charge in [0.15, 0.2) is 18.4 Å². The third kappa shape index (κ3) is 9.64. The molecule has 0 aromatic rings. The lowest BCUT2D eigenvalue weighted by atomic mass is 9.71. The number of rotatable bonds is 8. The van der Waals surface area contributed by atoms with E-state index < -0.39 is 90.8 Å². The molecule has 348 valence electrons. The highest BCUT2D eigenvalue weighted by Crippen LogP contribution is 2.47. The normalized spacial score (nSPS) is 47.0. The molecule has 0 amide bonds. The van der Waals surface area contributed by atoms with Crippen LogP contribution in [0.15, 0.2) is 59.3 Å². The maximum absolute atomic E-state index is 14.3. The van der Waals surface area contributed by atoms with Crippen LogP contribution in [0.5, 0.6) is 0 Å². The first-order valence-electron chi connectivity index (χ1n) is 22.9. The van der Waals surface area contributed by atoms with Gasteiger partial charge in [0.25, 0.3) is 0 Å². The number of ether oxygens (including phenoxy) is 10. The molecular formula is C48H72O14. The predicted octanol–water partition coefficient (Wildman–Crippen LogP) is 5.38. The molecule has 7 aliphatic rings. The number of allylic oxidation sites excluding steroid dienone is 2. The van der Waals surface area contributed by atoms with Gasteiger partial charge < -0.3 is 62.7 Å². The maximum atomic E-state index is 14.3. The molecule has 7 rings (SSSR count). The minimum atomic E-state index is -1.84. The van der Waals surface area contributed by atoms with E-state index in [-0.39, 0.29) is 42.7 Å². The minimum Gasteiger partial charge on any atom is -0.462 e. The zero-order valence-corrected chi connectivity index (χ0v) is 38.2. The molecule has 14 nitrogen and oxygen atoms in total. The van der Waals surface area contributed by atoms with Crippen LogP contribution in [0.2, 0.25) is 0 Å². The summed E-state index contributed by atoms with van der Waals surface area (Å²) in [6, 6.07) is 0. The SMILES string of the molecule is CC[C@@H](C)[C@H]1O[C@]2(C=C[C@@H]1C)C[C@@H]1C[C@@H](CC=C(C)[C@@H](O[C@H]3C[C@H](OC)[C@@H](O[C@H]4C[C@H](OC)[C@@H](O)[C@H](C)O4)[C@H](C)O3)[C@@H](C)C=CC=C3CO[C@@H]4[C@H](O)C(C)=C[C@@H](C(=O)O1)[C@]34O)O2. The average molecular weight is 873 g/mol. The number of esters is 1. The molecular weight excluding hydrogens is 801 g/mol. The van der Waals surface area contributed by atoms with Crippen molar-refractivity contribution in [2.24, 2.45) is 23.7 Å². The van der Waals surface area contributed by atoms with Gasteiger partial charge in [-0.3, -0.25) is 4.79 Å². The van der Waals surface area contributed by atoms with Crippen molar-refractivity contribution in [1.29, 1.82) is 0 Å². The van der Waals surface area contributed by atoms with Crippen molar-refractivity contribution in [2.45, 2.75) is 191 Å². The van der Waals surface area contributed by atoms with E-state index >= 15 is 0 Å². The van der Waals surface area contributed by atoms with Crippen LogP contribution in [0.3, 0.4) is 0 Å². The summed E-state index contributed by atoms with van der Waals surface area (Å²) in [5.41, 5.74) is 0.134. The van der Waals surface area contributed by atoms with Gasteiger partial charge in [-0.2, -0.15) is 0 Å². The van der Waals surface area contributed by atoms with Crippen LogP contribution in [-0.4, -0.2) is 139 Å². The highest BCUT2D eigenvalue weighted by Gasteiger charge is 2.60. The van der Waals surface area contributed by atoms with Gasteiger partial charge in [-0.15, -0.1) is 0 Å². The van der Waals surface area contributed by atoms with Crippen LogP contribution < -0.4 is 0 Å². The van der Waals surface area contributed by atoms with Crippen molar-refractivity contribution < 1.29 is 67.5 Å². The van der Waals surface area contributed by atoms with Crippen molar-refractivity contribution >= 4 is 5.97 Å². The van der Waals surface area contributed by atoms with Gasteiger partial charge in [0.2, 0.25) is 0 Å². The topological polar surface area (TPSA) is 170 Å². The molecule has 62 heavy (non-hydrogen) atoms. The Balaban J connectivity index is 1.18. The molecule has 0 unspecified atom stereocenters. The number of hydrogen-bond donors (Lipinski definition) is 3. The molecule has 4 saturated heterocycles. The van der Waals surface area contributed by atoms with Crippen molar-refractivity contribution in [1.82, 2.24) is 0 Å². The summed E-state index contributed by atoms with van der Waals surface area (Å²) in [6.45, 7) is 16.1. The molecule has 0 aromatic heterocycles. The Morgan fingerprint density at radius 2 is 1.60 bits per heavy atom. The van der Waals surface area contributed by atoms with E-state index in [1.807, 2.05) is 32.1 Å². The quantitative estimate of drug-likeness (QED) is 0.210. The Morgan fingerprint density at radius 3 is 2.32 bits per heavy atom. The van der Waals surface area contributed by atoms with E-state index in [0.717, 1.165) is 12.0 Å². The van der Waals surface area contributed by atoms with Gasteiger partial charge in [0, 0.05) is 51.7 Å². The lowest BCUT2D eigenvalue weighted by molar-refractivity contribution is -0.318. The Hall–Kier alpha value is -2.31. The minimum absolute atomic E-state index is 0.0317. The van der Waals surface area contributed by atoms with E-state index in [2.05, 4.69) is 39.8 Å². The molecule has 3 N–H and O–H groups in total. The summed E-state index contributed by atoms with van der Waals surface area (Å²) in [7, 11) is 3.22. The second-order valence-corrected chi connectivity index (χ2v) is 19.0. The van der Waals surface area contributed by atoms with Gasteiger partial charge in [0.05, 0.1) is 49.3 Å². The van der Waals surface area contributed by atoms with Crippen LogP contribution in [0.4, 0.5) is 0 Å². The number of aliphatic hydroxyl groups excluding tert-OH is 2. The lowest BCUT2D eigenvalue weighted by Gasteiger charge is -2.48. The highest BCUT2D eigenvalue weighted by molar-refractivity contribution is 5.78. The largest absolute Gasteiger partial charge is 0.462 e. The molecule has 2 bridgehead atoms. The Kier molecular flexibility index (Phi) is 15.1. The van der Waals surface area contributed by atoms with Crippen molar-refractivity contribution in [3.63, 3.8) is 0 Å². The molecule has 4 fully saturated rings. The Bertz CT molecular complexity index is 1730. The first-order valence-corrected chi connectivity index (χ1v) is 22.9. The van der Waals surface area contributed by atoms with Gasteiger partial charge in [-0.1, -0.05) is 70.6 Å². The third-order valence-electron chi connectivity index (χ3n) is 14.5. The van der Waals surface area contributed by atoms with Crippen LogP contribution in [-0.2, 0) is 52.2 Å². The smallest absolute Gasteiger partial charge is 0.316 e. The standard InChI is InChI=1S/C48H72O14/c1-11-25(2)43-28(5)17-18-47(62-43)23-34-20-33(61-47)16-15-27(4)42(26(3)13-12-14-32-24-55-45-40(49)29(6)19-35(46(51)58-34)48(32,45)52)59-39-22-37(54-10)44(31(8)57-39)60-38-21-36(53-9)41(50)30(7)56-38/h12-15,17-19,25-26,28,30-31,33-45,49-50,52H,11,16,20-24H2,1-10H3/t25-,26+,28+,30+,31+,33-,34+,35+,36+,37+,38+,39+,40-,41+,42+,43-,44+,45-,47-,48-/m1/s1. The molecule has 0 aromatic carbocycles. The molecule has 6 heterocycles. The summed E-state index contributed by atoms with van der Waals surface area (Å²) in [6.07, 6.45) is 8.55. The summed E-state index contributed by atoms with van der Waals surface area (Å²) in [4.78, 5) is 14.3. The summed E-state index contributed by atoms with van der Waals surface area (Å²) in [5.74, 6) is -2.56. The molecule has 0 radical (unpaired) electrons. The number of carbonyl (C=O) groups excluding carboxylic acids is 1. The monoisotopic (exact) mass is 872 g/mol. The molecule has 1 aliphatic carbocycles. The van der Waals surface area contributed by atoms with Crippen LogP contribution in [0.1, 0.15) is 93.9 Å². The first-order chi connectivity index (χ1) is 29.5. The van der Waals surface area contributed by atoms with Gasteiger partial charge >= 0.3 is 5.97 Å². The second kappa shape index (κ2) is 19.7. The lowest BCUT2D eigenvalue weighted by Crippen LogP contribution is -2.58. The van der Waals surface area contributed by atoms with E-state index in [0.29, 0.717) is 43.3 Å². The summed E-state index contributed by atoms with van der Waals surface area (Å²) >= 11 is 0. The molecule has 20 atom stereocenters. The summed E-state index contributed by atoms with van der Waals surface area (Å²) < 4.78 is 63.7.